The summed E-state index contributed by atoms with van der Waals surface area (Å²) in [6.07, 6.45) is 3.21. The SMILES string of the molecule is CNc1ccncc1C(=O)NCc1ccc(Br)cc1. The molecule has 0 saturated heterocycles. The zero-order valence-corrected chi connectivity index (χ0v) is 12.1. The van der Waals surface area contributed by atoms with Gasteiger partial charge in [-0.3, -0.25) is 9.78 Å². The second-order valence-electron chi connectivity index (χ2n) is 3.98. The van der Waals surface area contributed by atoms with Gasteiger partial charge in [0.25, 0.3) is 5.91 Å². The molecule has 2 rings (SSSR count). The molecule has 1 aromatic heterocycles. The third kappa shape index (κ3) is 3.54. The Kier molecular flexibility index (Phi) is 4.52. The van der Waals surface area contributed by atoms with Gasteiger partial charge in [0.2, 0.25) is 0 Å². The molecule has 0 atom stereocenters. The highest BCUT2D eigenvalue weighted by Crippen LogP contribution is 2.13. The molecule has 0 aliphatic rings. The molecule has 1 amide bonds. The third-order valence-electron chi connectivity index (χ3n) is 2.70. The van der Waals surface area contributed by atoms with Crippen molar-refractivity contribution in [3.05, 3.63) is 58.3 Å². The number of rotatable bonds is 4. The summed E-state index contributed by atoms with van der Waals surface area (Å²) >= 11 is 3.38. The van der Waals surface area contributed by atoms with Gasteiger partial charge in [0.05, 0.1) is 5.56 Å². The average Bonchev–Trinajstić information content (AvgIpc) is 2.46. The number of nitrogens with zero attached hydrogens (tertiary/aromatic N) is 1. The first-order chi connectivity index (χ1) is 9.20. The van der Waals surface area contributed by atoms with Crippen molar-refractivity contribution < 1.29 is 4.79 Å². The van der Waals surface area contributed by atoms with E-state index in [1.165, 1.54) is 0 Å². The number of nitrogens with one attached hydrogen (secondary N) is 2. The van der Waals surface area contributed by atoms with Gasteiger partial charge < -0.3 is 10.6 Å². The maximum absolute atomic E-state index is 12.1. The molecule has 1 aromatic carbocycles. The molecule has 5 heteroatoms. The lowest BCUT2D eigenvalue weighted by molar-refractivity contribution is 0.0951. The van der Waals surface area contributed by atoms with Gasteiger partial charge in [-0.15, -0.1) is 0 Å². The highest BCUT2D eigenvalue weighted by Gasteiger charge is 2.09. The molecule has 4 nitrogen and oxygen atoms in total. The summed E-state index contributed by atoms with van der Waals surface area (Å²) in [7, 11) is 1.78. The second-order valence-corrected chi connectivity index (χ2v) is 4.90. The third-order valence-corrected chi connectivity index (χ3v) is 3.23. The van der Waals surface area contributed by atoms with E-state index in [9.17, 15) is 4.79 Å². The van der Waals surface area contributed by atoms with Gasteiger partial charge in [0.15, 0.2) is 0 Å². The molecule has 0 unspecified atom stereocenters. The Balaban J connectivity index is 2.03. The number of pyridine rings is 1. The van der Waals surface area contributed by atoms with Crippen molar-refractivity contribution in [3.8, 4) is 0 Å². The number of carbonyl (C=O) groups excluding carboxylic acids is 1. The highest BCUT2D eigenvalue weighted by atomic mass is 79.9. The zero-order chi connectivity index (χ0) is 13.7. The fraction of sp³-hybridized carbons (Fsp3) is 0.143. The van der Waals surface area contributed by atoms with Crippen LogP contribution in [0.1, 0.15) is 15.9 Å². The first-order valence-electron chi connectivity index (χ1n) is 5.85. The molecule has 0 fully saturated rings. The van der Waals surface area contributed by atoms with Crippen molar-refractivity contribution in [3.63, 3.8) is 0 Å². The monoisotopic (exact) mass is 319 g/mol. The Morgan fingerprint density at radius 2 is 2.00 bits per heavy atom. The standard InChI is InChI=1S/C14H14BrN3O/c1-16-13-6-7-17-9-12(13)14(19)18-8-10-2-4-11(15)5-3-10/h2-7,9H,8H2,1H3,(H,16,17)(H,18,19). The van der Waals surface area contributed by atoms with Crippen molar-refractivity contribution in [1.82, 2.24) is 10.3 Å². The van der Waals surface area contributed by atoms with E-state index in [1.54, 1.807) is 25.5 Å². The van der Waals surface area contributed by atoms with E-state index in [0.717, 1.165) is 15.7 Å². The predicted molar refractivity (Wildman–Crippen MR) is 79.1 cm³/mol. The lowest BCUT2D eigenvalue weighted by Crippen LogP contribution is -2.23. The summed E-state index contributed by atoms with van der Waals surface area (Å²) in [5, 5.41) is 5.85. The number of aromatic nitrogens is 1. The summed E-state index contributed by atoms with van der Waals surface area (Å²) in [6, 6.07) is 9.60. The minimum atomic E-state index is -0.139. The Hall–Kier alpha value is -1.88. The average molecular weight is 320 g/mol. The molecule has 1 heterocycles. The number of benzene rings is 1. The number of halogens is 1. The van der Waals surface area contributed by atoms with Crippen LogP contribution in [0.25, 0.3) is 0 Å². The Morgan fingerprint density at radius 1 is 1.26 bits per heavy atom. The largest absolute Gasteiger partial charge is 0.387 e. The topological polar surface area (TPSA) is 54.0 Å². The molecule has 98 valence electrons. The van der Waals surface area contributed by atoms with Crippen LogP contribution in [0.3, 0.4) is 0 Å². The van der Waals surface area contributed by atoms with Gasteiger partial charge in [-0.2, -0.15) is 0 Å². The Bertz CT molecular complexity index is 569. The Morgan fingerprint density at radius 3 is 2.68 bits per heavy atom. The normalized spacial score (nSPS) is 10.0. The van der Waals surface area contributed by atoms with E-state index in [4.69, 9.17) is 0 Å². The maximum Gasteiger partial charge on any atom is 0.255 e. The fourth-order valence-electron chi connectivity index (χ4n) is 1.67. The summed E-state index contributed by atoms with van der Waals surface area (Å²) in [4.78, 5) is 16.0. The zero-order valence-electron chi connectivity index (χ0n) is 10.5. The molecular formula is C14H14BrN3O. The minimum absolute atomic E-state index is 0.139. The number of hydrogen-bond donors (Lipinski definition) is 2. The van der Waals surface area contributed by atoms with Gasteiger partial charge >= 0.3 is 0 Å². The summed E-state index contributed by atoms with van der Waals surface area (Å²) in [6.45, 7) is 0.490. The molecule has 0 aliphatic carbocycles. The fourth-order valence-corrected chi connectivity index (χ4v) is 1.94. The Labute approximate surface area is 120 Å². The van der Waals surface area contributed by atoms with Gasteiger partial charge in [-0.25, -0.2) is 0 Å². The van der Waals surface area contributed by atoms with Crippen LogP contribution in [0.2, 0.25) is 0 Å². The van der Waals surface area contributed by atoms with Crippen LogP contribution >= 0.6 is 15.9 Å². The van der Waals surface area contributed by atoms with Crippen molar-refractivity contribution >= 4 is 27.5 Å². The van der Waals surface area contributed by atoms with Crippen LogP contribution in [-0.2, 0) is 6.54 Å². The molecule has 2 N–H and O–H groups in total. The van der Waals surface area contributed by atoms with E-state index in [0.29, 0.717) is 12.1 Å². The first kappa shape index (κ1) is 13.5. The predicted octanol–water partition coefficient (Wildman–Crippen LogP) is 2.82. The van der Waals surface area contributed by atoms with Crippen LogP contribution in [0.15, 0.2) is 47.2 Å². The van der Waals surface area contributed by atoms with E-state index in [1.807, 2.05) is 24.3 Å². The van der Waals surface area contributed by atoms with Crippen LogP contribution < -0.4 is 10.6 Å². The van der Waals surface area contributed by atoms with E-state index < -0.39 is 0 Å². The van der Waals surface area contributed by atoms with Gasteiger partial charge in [-0.05, 0) is 23.8 Å². The van der Waals surface area contributed by atoms with Crippen molar-refractivity contribution in [2.75, 3.05) is 12.4 Å². The molecule has 0 spiro atoms. The molecular weight excluding hydrogens is 306 g/mol. The van der Waals surface area contributed by atoms with Crippen LogP contribution in [0.4, 0.5) is 5.69 Å². The number of anilines is 1. The first-order valence-corrected chi connectivity index (χ1v) is 6.64. The van der Waals surface area contributed by atoms with Crippen molar-refractivity contribution in [2.45, 2.75) is 6.54 Å². The quantitative estimate of drug-likeness (QED) is 0.911. The number of amides is 1. The maximum atomic E-state index is 12.1. The lowest BCUT2D eigenvalue weighted by Gasteiger charge is -2.09. The summed E-state index contributed by atoms with van der Waals surface area (Å²) < 4.78 is 1.02. The van der Waals surface area contributed by atoms with Crippen LogP contribution in [0.5, 0.6) is 0 Å². The second kappa shape index (κ2) is 6.33. The van der Waals surface area contributed by atoms with E-state index in [2.05, 4.69) is 31.5 Å². The highest BCUT2D eigenvalue weighted by molar-refractivity contribution is 9.10. The molecule has 0 saturated carbocycles. The van der Waals surface area contributed by atoms with Crippen LogP contribution in [-0.4, -0.2) is 17.9 Å². The number of hydrogen-bond acceptors (Lipinski definition) is 3. The van der Waals surface area contributed by atoms with Gasteiger partial charge in [0.1, 0.15) is 0 Å². The molecule has 0 radical (unpaired) electrons. The molecule has 0 bridgehead atoms. The summed E-state index contributed by atoms with van der Waals surface area (Å²) in [5.41, 5.74) is 2.36. The molecule has 19 heavy (non-hydrogen) atoms. The summed E-state index contributed by atoms with van der Waals surface area (Å²) in [5.74, 6) is -0.139. The van der Waals surface area contributed by atoms with Crippen LogP contribution in [0, 0.1) is 0 Å². The molecule has 2 aromatic rings. The van der Waals surface area contributed by atoms with Gasteiger partial charge in [0, 0.05) is 36.1 Å². The molecule has 0 aliphatic heterocycles. The van der Waals surface area contributed by atoms with Crippen molar-refractivity contribution in [1.29, 1.82) is 0 Å². The lowest BCUT2D eigenvalue weighted by atomic mass is 10.2. The smallest absolute Gasteiger partial charge is 0.255 e. The number of carbonyl (C=O) groups is 1. The van der Waals surface area contributed by atoms with Gasteiger partial charge in [-0.1, -0.05) is 28.1 Å². The van der Waals surface area contributed by atoms with E-state index in [-0.39, 0.29) is 5.91 Å². The van der Waals surface area contributed by atoms with Crippen molar-refractivity contribution in [2.24, 2.45) is 0 Å². The minimum Gasteiger partial charge on any atom is -0.387 e. The van der Waals surface area contributed by atoms with E-state index >= 15 is 0 Å².